The van der Waals surface area contributed by atoms with Crippen LogP contribution in [0.4, 0.5) is 5.69 Å². The Morgan fingerprint density at radius 2 is 1.94 bits per heavy atom. The van der Waals surface area contributed by atoms with Gasteiger partial charge in [-0.05, 0) is 19.2 Å². The first-order valence-corrected chi connectivity index (χ1v) is 6.37. The van der Waals surface area contributed by atoms with Crippen LogP contribution in [0.2, 0.25) is 0 Å². The van der Waals surface area contributed by atoms with Crippen molar-refractivity contribution in [3.8, 4) is 0 Å². The minimum Gasteiger partial charge on any atom is -0.368 e. The van der Waals surface area contributed by atoms with Crippen LogP contribution in [-0.2, 0) is 6.54 Å². The van der Waals surface area contributed by atoms with Gasteiger partial charge in [0.2, 0.25) is 0 Å². The fourth-order valence-corrected chi connectivity index (χ4v) is 2.38. The molecule has 0 saturated carbocycles. The van der Waals surface area contributed by atoms with Crippen LogP contribution in [-0.4, -0.2) is 47.5 Å². The van der Waals surface area contributed by atoms with Crippen molar-refractivity contribution < 1.29 is 0 Å². The van der Waals surface area contributed by atoms with Crippen molar-refractivity contribution in [1.82, 2.24) is 14.3 Å². The zero-order valence-electron chi connectivity index (χ0n) is 10.7. The van der Waals surface area contributed by atoms with E-state index in [1.165, 1.54) is 5.69 Å². The average Bonchev–Trinajstić information content (AvgIpc) is 2.81. The van der Waals surface area contributed by atoms with Crippen molar-refractivity contribution in [3.05, 3.63) is 30.2 Å². The van der Waals surface area contributed by atoms with Gasteiger partial charge in [0.25, 0.3) is 0 Å². The minimum atomic E-state index is 0.492. The van der Waals surface area contributed by atoms with E-state index in [0.29, 0.717) is 6.54 Å². The number of anilines is 1. The molecule has 0 spiro atoms. The molecule has 0 aromatic carbocycles. The second-order valence-corrected chi connectivity index (χ2v) is 4.88. The smallest absolute Gasteiger partial charge is 0.137 e. The average molecular weight is 245 g/mol. The molecular weight excluding hydrogens is 226 g/mol. The lowest BCUT2D eigenvalue weighted by molar-refractivity contribution is 0.313. The Morgan fingerprint density at radius 3 is 2.67 bits per heavy atom. The molecule has 2 aromatic rings. The summed E-state index contributed by atoms with van der Waals surface area (Å²) in [6.07, 6.45) is 4.15. The third-order valence-electron chi connectivity index (χ3n) is 3.56. The summed E-state index contributed by atoms with van der Waals surface area (Å²) in [5.74, 6) is 0. The molecule has 18 heavy (non-hydrogen) atoms. The maximum atomic E-state index is 5.62. The highest BCUT2D eigenvalue weighted by Gasteiger charge is 2.14. The lowest BCUT2D eigenvalue weighted by Gasteiger charge is -2.33. The molecule has 5 nitrogen and oxygen atoms in total. The molecule has 0 unspecified atom stereocenters. The van der Waals surface area contributed by atoms with E-state index < -0.39 is 0 Å². The lowest BCUT2D eigenvalue weighted by Crippen LogP contribution is -2.44. The van der Waals surface area contributed by atoms with E-state index in [2.05, 4.69) is 44.6 Å². The third-order valence-corrected chi connectivity index (χ3v) is 3.56. The van der Waals surface area contributed by atoms with Crippen LogP contribution in [0.15, 0.2) is 24.5 Å². The predicted octanol–water partition coefficient (Wildman–Crippen LogP) is 0.545. The Morgan fingerprint density at radius 1 is 1.17 bits per heavy atom. The highest BCUT2D eigenvalue weighted by atomic mass is 15.3. The van der Waals surface area contributed by atoms with Crippen molar-refractivity contribution in [1.29, 1.82) is 0 Å². The molecule has 0 amide bonds. The van der Waals surface area contributed by atoms with Crippen LogP contribution in [0.25, 0.3) is 5.65 Å². The van der Waals surface area contributed by atoms with Gasteiger partial charge in [0.05, 0.1) is 11.4 Å². The number of hydrogen-bond acceptors (Lipinski definition) is 4. The summed E-state index contributed by atoms with van der Waals surface area (Å²) in [7, 11) is 2.17. The van der Waals surface area contributed by atoms with E-state index in [4.69, 9.17) is 5.73 Å². The van der Waals surface area contributed by atoms with Crippen LogP contribution in [0, 0.1) is 0 Å². The van der Waals surface area contributed by atoms with Crippen molar-refractivity contribution in [3.63, 3.8) is 0 Å². The maximum Gasteiger partial charge on any atom is 0.137 e. The molecule has 0 bridgehead atoms. The Kier molecular flexibility index (Phi) is 2.93. The number of rotatable bonds is 2. The minimum absolute atomic E-state index is 0.492. The molecule has 1 aliphatic heterocycles. The fraction of sp³-hybridized carbons (Fsp3) is 0.462. The number of imidazole rings is 1. The standard InChI is InChI=1S/C13H19N5/c1-16-4-6-17(7-5-16)12-2-3-13-15-11(8-14)9-18(13)10-12/h2-3,9-10H,4-8,14H2,1H3. The Labute approximate surface area is 107 Å². The number of nitrogens with zero attached hydrogens (tertiary/aromatic N) is 4. The van der Waals surface area contributed by atoms with Gasteiger partial charge in [-0.25, -0.2) is 4.98 Å². The summed E-state index contributed by atoms with van der Waals surface area (Å²) < 4.78 is 2.07. The van der Waals surface area contributed by atoms with Gasteiger partial charge >= 0.3 is 0 Å². The quantitative estimate of drug-likeness (QED) is 0.839. The second kappa shape index (κ2) is 4.59. The van der Waals surface area contributed by atoms with Crippen molar-refractivity contribution in [2.24, 2.45) is 5.73 Å². The summed E-state index contributed by atoms with van der Waals surface area (Å²) in [6, 6.07) is 4.21. The van der Waals surface area contributed by atoms with Crippen LogP contribution in [0.5, 0.6) is 0 Å². The molecule has 0 radical (unpaired) electrons. The van der Waals surface area contributed by atoms with Crippen molar-refractivity contribution in [2.75, 3.05) is 38.1 Å². The summed E-state index contributed by atoms with van der Waals surface area (Å²) in [5, 5.41) is 0. The van der Waals surface area contributed by atoms with Gasteiger partial charge in [-0.15, -0.1) is 0 Å². The van der Waals surface area contributed by atoms with Crippen LogP contribution < -0.4 is 10.6 Å². The molecule has 1 saturated heterocycles. The fourth-order valence-electron chi connectivity index (χ4n) is 2.38. The van der Waals surface area contributed by atoms with Gasteiger partial charge in [-0.3, -0.25) is 0 Å². The lowest BCUT2D eigenvalue weighted by atomic mass is 10.3. The maximum absolute atomic E-state index is 5.62. The number of piperazine rings is 1. The molecule has 0 atom stereocenters. The third kappa shape index (κ3) is 2.07. The molecule has 2 aromatic heterocycles. The summed E-state index contributed by atoms with van der Waals surface area (Å²) >= 11 is 0. The Hall–Kier alpha value is -1.59. The van der Waals surface area contributed by atoms with E-state index in [9.17, 15) is 0 Å². The summed E-state index contributed by atoms with van der Waals surface area (Å²) in [4.78, 5) is 9.22. The van der Waals surface area contributed by atoms with Gasteiger partial charge in [-0.1, -0.05) is 0 Å². The van der Waals surface area contributed by atoms with E-state index in [1.807, 2.05) is 6.20 Å². The topological polar surface area (TPSA) is 49.8 Å². The first-order valence-electron chi connectivity index (χ1n) is 6.37. The van der Waals surface area contributed by atoms with E-state index in [1.54, 1.807) is 0 Å². The number of nitrogens with two attached hydrogens (primary N) is 1. The van der Waals surface area contributed by atoms with Gasteiger partial charge in [0.15, 0.2) is 0 Å². The molecular formula is C13H19N5. The summed E-state index contributed by atoms with van der Waals surface area (Å²) in [5.41, 5.74) is 8.78. The normalized spacial score (nSPS) is 17.6. The van der Waals surface area contributed by atoms with Gasteiger partial charge in [-0.2, -0.15) is 0 Å². The predicted molar refractivity (Wildman–Crippen MR) is 72.8 cm³/mol. The number of aromatic nitrogens is 2. The van der Waals surface area contributed by atoms with Gasteiger partial charge in [0, 0.05) is 45.1 Å². The number of hydrogen-bond donors (Lipinski definition) is 1. The molecule has 96 valence electrons. The molecule has 5 heteroatoms. The largest absolute Gasteiger partial charge is 0.368 e. The van der Waals surface area contributed by atoms with Gasteiger partial charge in [0.1, 0.15) is 5.65 Å². The van der Waals surface area contributed by atoms with E-state index >= 15 is 0 Å². The zero-order valence-corrected chi connectivity index (χ0v) is 10.7. The van der Waals surface area contributed by atoms with E-state index in [-0.39, 0.29) is 0 Å². The molecule has 3 heterocycles. The molecule has 0 aliphatic carbocycles. The SMILES string of the molecule is CN1CCN(c2ccc3nc(CN)cn3c2)CC1. The molecule has 1 fully saturated rings. The van der Waals surface area contributed by atoms with E-state index in [0.717, 1.165) is 37.5 Å². The number of fused-ring (bicyclic) bond motifs is 1. The first-order chi connectivity index (χ1) is 8.76. The van der Waals surface area contributed by atoms with Crippen molar-refractivity contribution >= 4 is 11.3 Å². The van der Waals surface area contributed by atoms with Gasteiger partial charge < -0.3 is 19.9 Å². The molecule has 1 aliphatic rings. The molecule has 2 N–H and O–H groups in total. The highest BCUT2D eigenvalue weighted by Crippen LogP contribution is 2.17. The first kappa shape index (κ1) is 11.5. The number of pyridine rings is 1. The molecule has 3 rings (SSSR count). The van der Waals surface area contributed by atoms with Crippen molar-refractivity contribution in [2.45, 2.75) is 6.54 Å². The Bertz CT molecular complexity index is 539. The highest BCUT2D eigenvalue weighted by molar-refractivity contribution is 5.52. The Balaban J connectivity index is 1.88. The van der Waals surface area contributed by atoms with Crippen LogP contribution in [0.3, 0.4) is 0 Å². The zero-order chi connectivity index (χ0) is 12.5. The second-order valence-electron chi connectivity index (χ2n) is 4.88. The summed E-state index contributed by atoms with van der Waals surface area (Å²) in [6.45, 7) is 4.90. The van der Waals surface area contributed by atoms with Crippen LogP contribution in [0.1, 0.15) is 5.69 Å². The number of likely N-dealkylation sites (N-methyl/N-ethyl adjacent to an activating group) is 1. The monoisotopic (exact) mass is 245 g/mol. The van der Waals surface area contributed by atoms with Crippen LogP contribution >= 0.6 is 0 Å².